The molecule has 5 heteroatoms. The second kappa shape index (κ2) is 3.86. The molecule has 1 fully saturated rings. The lowest BCUT2D eigenvalue weighted by atomic mass is 9.82. The highest BCUT2D eigenvalue weighted by Gasteiger charge is 2.26. The first kappa shape index (κ1) is 10.3. The number of nitrogens with zero attached hydrogens (tertiary/aromatic N) is 2. The van der Waals surface area contributed by atoms with E-state index in [4.69, 9.17) is 11.6 Å². The molecule has 0 unspecified atom stereocenters. The topological polar surface area (TPSA) is 37.8 Å². The lowest BCUT2D eigenvalue weighted by Gasteiger charge is -2.33. The van der Waals surface area contributed by atoms with Gasteiger partial charge in [-0.2, -0.15) is 0 Å². The smallest absolute Gasteiger partial charge is 0.225 e. The van der Waals surface area contributed by atoms with E-state index < -0.39 is 0 Å². The molecule has 2 aromatic rings. The van der Waals surface area contributed by atoms with E-state index >= 15 is 0 Å². The van der Waals surface area contributed by atoms with Gasteiger partial charge in [-0.15, -0.1) is 11.3 Å². The Morgan fingerprint density at radius 3 is 3.00 bits per heavy atom. The number of anilines is 1. The monoisotopic (exact) mass is 253 g/mol. The van der Waals surface area contributed by atoms with Crippen LogP contribution in [0.15, 0.2) is 11.4 Å². The summed E-state index contributed by atoms with van der Waals surface area (Å²) in [6.07, 6.45) is 2.43. The molecular formula is C11H12ClN3S. The summed E-state index contributed by atoms with van der Waals surface area (Å²) >= 11 is 7.49. The standard InChI is InChI=1S/C11H12ClN3S/c1-6-4-7(5-6)13-9-8-2-3-16-10(8)15-11(12)14-9/h2-3,6-7H,4-5H2,1H3,(H,13,14,15). The maximum Gasteiger partial charge on any atom is 0.225 e. The largest absolute Gasteiger partial charge is 0.367 e. The first-order valence-electron chi connectivity index (χ1n) is 5.39. The molecule has 0 spiro atoms. The van der Waals surface area contributed by atoms with Gasteiger partial charge in [0.25, 0.3) is 0 Å². The number of nitrogens with one attached hydrogen (secondary N) is 1. The molecule has 0 saturated heterocycles. The van der Waals surface area contributed by atoms with Crippen molar-refractivity contribution in [3.05, 3.63) is 16.7 Å². The second-order valence-electron chi connectivity index (χ2n) is 4.40. The Morgan fingerprint density at radius 2 is 2.25 bits per heavy atom. The third-order valence-corrected chi connectivity index (χ3v) is 3.99. The molecule has 0 atom stereocenters. The van der Waals surface area contributed by atoms with Crippen LogP contribution in [0.5, 0.6) is 0 Å². The zero-order valence-corrected chi connectivity index (χ0v) is 10.5. The van der Waals surface area contributed by atoms with Gasteiger partial charge in [-0.25, -0.2) is 9.97 Å². The minimum Gasteiger partial charge on any atom is -0.367 e. The van der Waals surface area contributed by atoms with Crippen LogP contribution in [0.4, 0.5) is 5.82 Å². The summed E-state index contributed by atoms with van der Waals surface area (Å²) < 4.78 is 0. The zero-order valence-electron chi connectivity index (χ0n) is 8.90. The van der Waals surface area contributed by atoms with Gasteiger partial charge < -0.3 is 5.32 Å². The molecule has 2 heterocycles. The van der Waals surface area contributed by atoms with Crippen molar-refractivity contribution in [1.29, 1.82) is 0 Å². The molecule has 0 radical (unpaired) electrons. The Morgan fingerprint density at radius 1 is 1.44 bits per heavy atom. The van der Waals surface area contributed by atoms with E-state index in [0.717, 1.165) is 22.0 Å². The van der Waals surface area contributed by atoms with Crippen molar-refractivity contribution >= 4 is 39.0 Å². The van der Waals surface area contributed by atoms with E-state index in [9.17, 15) is 0 Å². The molecule has 0 aromatic carbocycles. The van der Waals surface area contributed by atoms with Crippen LogP contribution in [0.2, 0.25) is 5.28 Å². The van der Waals surface area contributed by atoms with E-state index in [1.807, 2.05) is 11.4 Å². The normalized spacial score (nSPS) is 24.4. The lowest BCUT2D eigenvalue weighted by Crippen LogP contribution is -2.34. The Labute approximate surface area is 103 Å². The van der Waals surface area contributed by atoms with Crippen molar-refractivity contribution < 1.29 is 0 Å². The Bertz CT molecular complexity index is 519. The number of fused-ring (bicyclic) bond motifs is 1. The predicted octanol–water partition coefficient (Wildman–Crippen LogP) is 3.56. The van der Waals surface area contributed by atoms with Crippen LogP contribution in [0.25, 0.3) is 10.2 Å². The summed E-state index contributed by atoms with van der Waals surface area (Å²) in [5.74, 6) is 1.71. The van der Waals surface area contributed by atoms with Crippen LogP contribution in [0, 0.1) is 5.92 Å². The average Bonchev–Trinajstić information content (AvgIpc) is 2.62. The average molecular weight is 254 g/mol. The van der Waals surface area contributed by atoms with Gasteiger partial charge in [-0.05, 0) is 41.8 Å². The molecule has 1 N–H and O–H groups in total. The van der Waals surface area contributed by atoms with Crippen LogP contribution in [0.3, 0.4) is 0 Å². The minimum absolute atomic E-state index is 0.324. The fourth-order valence-electron chi connectivity index (χ4n) is 2.15. The SMILES string of the molecule is CC1CC(Nc2nc(Cl)nc3sccc23)C1. The van der Waals surface area contributed by atoms with Crippen molar-refractivity contribution in [2.45, 2.75) is 25.8 Å². The Kier molecular flexibility index (Phi) is 2.48. The number of rotatable bonds is 2. The maximum absolute atomic E-state index is 5.90. The van der Waals surface area contributed by atoms with Crippen molar-refractivity contribution in [3.8, 4) is 0 Å². The fraction of sp³-hybridized carbons (Fsp3) is 0.455. The minimum atomic E-state index is 0.324. The Balaban J connectivity index is 1.92. The molecule has 0 aliphatic heterocycles. The molecule has 3 nitrogen and oxygen atoms in total. The van der Waals surface area contributed by atoms with E-state index in [0.29, 0.717) is 11.3 Å². The van der Waals surface area contributed by atoms with E-state index in [1.54, 1.807) is 11.3 Å². The van der Waals surface area contributed by atoms with Crippen molar-refractivity contribution in [2.75, 3.05) is 5.32 Å². The summed E-state index contributed by atoms with van der Waals surface area (Å²) in [6.45, 7) is 2.27. The molecule has 1 saturated carbocycles. The van der Waals surface area contributed by atoms with Crippen LogP contribution in [-0.2, 0) is 0 Å². The summed E-state index contributed by atoms with van der Waals surface area (Å²) in [4.78, 5) is 9.42. The first-order chi connectivity index (χ1) is 7.72. The summed E-state index contributed by atoms with van der Waals surface area (Å²) in [5.41, 5.74) is 0. The quantitative estimate of drug-likeness (QED) is 0.832. The number of hydrogen-bond acceptors (Lipinski definition) is 4. The van der Waals surface area contributed by atoms with Gasteiger partial charge in [-0.1, -0.05) is 6.92 Å². The first-order valence-corrected chi connectivity index (χ1v) is 6.65. The van der Waals surface area contributed by atoms with Gasteiger partial charge in [-0.3, -0.25) is 0 Å². The third kappa shape index (κ3) is 1.76. The number of hydrogen-bond donors (Lipinski definition) is 1. The molecule has 3 rings (SSSR count). The third-order valence-electron chi connectivity index (χ3n) is 3.01. The second-order valence-corrected chi connectivity index (χ2v) is 5.63. The molecule has 0 amide bonds. The van der Waals surface area contributed by atoms with Crippen molar-refractivity contribution in [1.82, 2.24) is 9.97 Å². The molecule has 1 aliphatic carbocycles. The maximum atomic E-state index is 5.90. The van der Waals surface area contributed by atoms with Gasteiger partial charge in [0.15, 0.2) is 0 Å². The van der Waals surface area contributed by atoms with Crippen molar-refractivity contribution in [3.63, 3.8) is 0 Å². The summed E-state index contributed by atoms with van der Waals surface area (Å²) in [6, 6.07) is 2.59. The Hall–Kier alpha value is -0.870. The van der Waals surface area contributed by atoms with Gasteiger partial charge in [0.05, 0.1) is 5.39 Å². The van der Waals surface area contributed by atoms with Crippen LogP contribution in [0.1, 0.15) is 19.8 Å². The number of thiophene rings is 1. The predicted molar refractivity (Wildman–Crippen MR) is 68.2 cm³/mol. The fourth-order valence-corrected chi connectivity index (χ4v) is 3.14. The molecule has 2 aromatic heterocycles. The number of aromatic nitrogens is 2. The molecular weight excluding hydrogens is 242 g/mol. The van der Waals surface area contributed by atoms with Gasteiger partial charge >= 0.3 is 0 Å². The zero-order chi connectivity index (χ0) is 11.1. The molecule has 16 heavy (non-hydrogen) atoms. The highest BCUT2D eigenvalue weighted by atomic mass is 35.5. The molecule has 84 valence electrons. The van der Waals surface area contributed by atoms with Gasteiger partial charge in [0.2, 0.25) is 5.28 Å². The van der Waals surface area contributed by atoms with Crippen LogP contribution >= 0.6 is 22.9 Å². The van der Waals surface area contributed by atoms with Gasteiger partial charge in [0.1, 0.15) is 10.6 Å². The van der Waals surface area contributed by atoms with E-state index in [1.165, 1.54) is 12.8 Å². The lowest BCUT2D eigenvalue weighted by molar-refractivity contribution is 0.309. The van der Waals surface area contributed by atoms with Gasteiger partial charge in [0, 0.05) is 6.04 Å². The highest BCUT2D eigenvalue weighted by molar-refractivity contribution is 7.16. The number of halogens is 1. The van der Waals surface area contributed by atoms with E-state index in [-0.39, 0.29) is 0 Å². The van der Waals surface area contributed by atoms with Crippen LogP contribution < -0.4 is 5.32 Å². The summed E-state index contributed by atoms with van der Waals surface area (Å²) in [5, 5.41) is 6.87. The van der Waals surface area contributed by atoms with Crippen LogP contribution in [-0.4, -0.2) is 16.0 Å². The molecule has 1 aliphatic rings. The van der Waals surface area contributed by atoms with E-state index in [2.05, 4.69) is 22.2 Å². The summed E-state index contributed by atoms with van der Waals surface area (Å²) in [7, 11) is 0. The highest BCUT2D eigenvalue weighted by Crippen LogP contribution is 2.32. The van der Waals surface area contributed by atoms with Crippen molar-refractivity contribution in [2.24, 2.45) is 5.92 Å². The molecule has 0 bridgehead atoms.